The van der Waals surface area contributed by atoms with Gasteiger partial charge in [0.05, 0.1) is 12.1 Å². The fourth-order valence-electron chi connectivity index (χ4n) is 2.53. The lowest BCUT2D eigenvalue weighted by atomic mass is 10.0. The molecule has 1 aromatic heterocycles. The minimum Gasteiger partial charge on any atom is -0.715 e. The fourth-order valence-corrected chi connectivity index (χ4v) is 2.53. The number of H-pyrrole nitrogens is 1. The van der Waals surface area contributed by atoms with Crippen molar-refractivity contribution in [3.05, 3.63) is 56.5 Å². The molecule has 2 heterocycles. The molecule has 0 spiro atoms. The summed E-state index contributed by atoms with van der Waals surface area (Å²) >= 11 is 0. The SMILES string of the molecule is CC1(C)CCC(n2[nH]c(=O)n(-c3ccccc3)c2=O)=[N+]1[O-]. The third-order valence-corrected chi connectivity index (χ3v) is 3.81. The molecule has 0 aliphatic carbocycles. The van der Waals surface area contributed by atoms with Crippen molar-refractivity contribution in [1.29, 1.82) is 0 Å². The van der Waals surface area contributed by atoms with Crippen LogP contribution in [0.2, 0.25) is 0 Å². The van der Waals surface area contributed by atoms with Crippen LogP contribution in [0, 0.1) is 5.21 Å². The third-order valence-electron chi connectivity index (χ3n) is 3.81. The number of aromatic nitrogens is 3. The molecule has 2 aromatic rings. The van der Waals surface area contributed by atoms with Gasteiger partial charge in [-0.15, -0.1) is 0 Å². The Labute approximate surface area is 120 Å². The largest absolute Gasteiger partial charge is 0.715 e. The topological polar surface area (TPSA) is 85.9 Å². The fraction of sp³-hybridized carbons (Fsp3) is 0.357. The van der Waals surface area contributed by atoms with Gasteiger partial charge in [0.15, 0.2) is 0 Å². The molecule has 0 amide bonds. The first-order chi connectivity index (χ1) is 9.92. The van der Waals surface area contributed by atoms with Crippen molar-refractivity contribution < 1.29 is 4.74 Å². The van der Waals surface area contributed by atoms with E-state index in [0.717, 1.165) is 14.0 Å². The Kier molecular flexibility index (Phi) is 2.86. The molecule has 0 bridgehead atoms. The van der Waals surface area contributed by atoms with Crippen LogP contribution in [-0.2, 0) is 0 Å². The number of benzene rings is 1. The van der Waals surface area contributed by atoms with E-state index >= 15 is 0 Å². The number of hydroxylamine groups is 1. The van der Waals surface area contributed by atoms with E-state index in [1.54, 1.807) is 30.3 Å². The van der Waals surface area contributed by atoms with Crippen LogP contribution < -0.4 is 11.4 Å². The highest BCUT2D eigenvalue weighted by Gasteiger charge is 2.36. The molecule has 0 atom stereocenters. The average molecular weight is 288 g/mol. The molecule has 0 unspecified atom stereocenters. The summed E-state index contributed by atoms with van der Waals surface area (Å²) in [5, 5.41) is 14.7. The van der Waals surface area contributed by atoms with E-state index in [2.05, 4.69) is 5.10 Å². The van der Waals surface area contributed by atoms with Gasteiger partial charge in [-0.3, -0.25) is 4.74 Å². The summed E-state index contributed by atoms with van der Waals surface area (Å²) in [6.45, 7) is 3.62. The lowest BCUT2D eigenvalue weighted by Gasteiger charge is -2.23. The second-order valence-corrected chi connectivity index (χ2v) is 5.73. The van der Waals surface area contributed by atoms with Crippen molar-refractivity contribution in [3.63, 3.8) is 0 Å². The molecule has 110 valence electrons. The summed E-state index contributed by atoms with van der Waals surface area (Å²) in [5.74, 6) is 0.275. The molecule has 0 saturated carbocycles. The van der Waals surface area contributed by atoms with Crippen LogP contribution in [0.3, 0.4) is 0 Å². The number of hydrogen-bond donors (Lipinski definition) is 1. The first-order valence-electron chi connectivity index (χ1n) is 6.75. The smallest absolute Gasteiger partial charge is 0.448 e. The zero-order chi connectivity index (χ0) is 15.2. The van der Waals surface area contributed by atoms with Crippen molar-refractivity contribution in [1.82, 2.24) is 14.3 Å². The number of rotatable bonds is 1. The maximum Gasteiger partial charge on any atom is 0.448 e. The molecule has 1 aliphatic heterocycles. The van der Waals surface area contributed by atoms with E-state index in [1.807, 2.05) is 13.8 Å². The van der Waals surface area contributed by atoms with E-state index in [4.69, 9.17) is 0 Å². The van der Waals surface area contributed by atoms with Gasteiger partial charge in [0.25, 0.3) is 5.84 Å². The summed E-state index contributed by atoms with van der Waals surface area (Å²) in [4.78, 5) is 24.5. The predicted molar refractivity (Wildman–Crippen MR) is 78.0 cm³/mol. The molecule has 1 N–H and O–H groups in total. The molecule has 1 aromatic carbocycles. The highest BCUT2D eigenvalue weighted by Crippen LogP contribution is 2.23. The Hall–Kier alpha value is -2.57. The first-order valence-corrected chi connectivity index (χ1v) is 6.75. The molecule has 1 aliphatic rings. The summed E-state index contributed by atoms with van der Waals surface area (Å²) in [7, 11) is 0. The van der Waals surface area contributed by atoms with Gasteiger partial charge in [-0.1, -0.05) is 22.9 Å². The highest BCUT2D eigenvalue weighted by molar-refractivity contribution is 5.80. The van der Waals surface area contributed by atoms with Crippen molar-refractivity contribution in [2.45, 2.75) is 32.2 Å². The van der Waals surface area contributed by atoms with Crippen LogP contribution in [0.5, 0.6) is 0 Å². The lowest BCUT2D eigenvalue weighted by molar-refractivity contribution is -0.532. The van der Waals surface area contributed by atoms with Crippen LogP contribution in [-0.4, -0.2) is 30.5 Å². The normalized spacial score (nSPS) is 17.4. The molecular weight excluding hydrogens is 272 g/mol. The monoisotopic (exact) mass is 288 g/mol. The van der Waals surface area contributed by atoms with Crippen LogP contribution >= 0.6 is 0 Å². The Morgan fingerprint density at radius 1 is 1.24 bits per heavy atom. The van der Waals surface area contributed by atoms with Gasteiger partial charge in [0.1, 0.15) is 5.54 Å². The number of hydrogen-bond acceptors (Lipinski definition) is 3. The highest BCUT2D eigenvalue weighted by atomic mass is 16.5. The summed E-state index contributed by atoms with van der Waals surface area (Å²) in [6, 6.07) is 8.61. The molecular formula is C14H16N4O3. The molecule has 0 fully saturated rings. The number of para-hydroxylation sites is 1. The Morgan fingerprint density at radius 2 is 1.90 bits per heavy atom. The lowest BCUT2D eigenvalue weighted by Crippen LogP contribution is -2.36. The minimum atomic E-state index is -0.569. The van der Waals surface area contributed by atoms with Crippen molar-refractivity contribution in [2.24, 2.45) is 0 Å². The standard InChI is InChI=1S/C14H16N4O3/c1-14(2)9-8-11(18(14)21)17-13(20)16(12(19)15-17)10-6-4-3-5-7-10/h3-7H,8-9H2,1-2H3,(H,15,19). The second-order valence-electron chi connectivity index (χ2n) is 5.73. The Balaban J connectivity index is 2.20. The number of nitrogens with one attached hydrogen (secondary N) is 1. The number of aromatic amines is 1. The van der Waals surface area contributed by atoms with Crippen LogP contribution in [0.1, 0.15) is 26.7 Å². The predicted octanol–water partition coefficient (Wildman–Crippen LogP) is 0.657. The molecule has 7 nitrogen and oxygen atoms in total. The van der Waals surface area contributed by atoms with Gasteiger partial charge >= 0.3 is 11.4 Å². The van der Waals surface area contributed by atoms with Crippen molar-refractivity contribution in [2.75, 3.05) is 0 Å². The molecule has 7 heteroatoms. The van der Waals surface area contributed by atoms with E-state index in [9.17, 15) is 14.8 Å². The summed E-state index contributed by atoms with van der Waals surface area (Å²) < 4.78 is 2.88. The minimum absolute atomic E-state index is 0.275. The second kappa shape index (κ2) is 4.47. The molecule has 21 heavy (non-hydrogen) atoms. The molecule has 0 saturated heterocycles. The molecule has 3 rings (SSSR count). The van der Waals surface area contributed by atoms with Gasteiger partial charge in [-0.05, 0) is 26.0 Å². The van der Waals surface area contributed by atoms with Gasteiger partial charge in [0, 0.05) is 6.42 Å². The van der Waals surface area contributed by atoms with Gasteiger partial charge in [0.2, 0.25) is 0 Å². The van der Waals surface area contributed by atoms with Gasteiger partial charge in [-0.2, -0.15) is 9.67 Å². The zero-order valence-corrected chi connectivity index (χ0v) is 11.9. The van der Waals surface area contributed by atoms with E-state index in [0.29, 0.717) is 18.5 Å². The van der Waals surface area contributed by atoms with E-state index in [-0.39, 0.29) is 5.84 Å². The summed E-state index contributed by atoms with van der Waals surface area (Å²) in [6.07, 6.45) is 1.09. The number of nitrogens with zero attached hydrogens (tertiary/aromatic N) is 3. The maximum atomic E-state index is 12.4. The van der Waals surface area contributed by atoms with Crippen LogP contribution in [0.15, 0.2) is 39.9 Å². The Bertz CT molecular complexity index is 824. The van der Waals surface area contributed by atoms with E-state index in [1.165, 1.54) is 0 Å². The van der Waals surface area contributed by atoms with Crippen LogP contribution in [0.25, 0.3) is 5.69 Å². The van der Waals surface area contributed by atoms with E-state index < -0.39 is 16.9 Å². The van der Waals surface area contributed by atoms with Gasteiger partial charge < -0.3 is 5.21 Å². The van der Waals surface area contributed by atoms with Crippen molar-refractivity contribution >= 4 is 5.84 Å². The summed E-state index contributed by atoms with van der Waals surface area (Å²) in [5.41, 5.74) is -1.21. The van der Waals surface area contributed by atoms with Gasteiger partial charge in [-0.25, -0.2) is 9.59 Å². The van der Waals surface area contributed by atoms with Crippen LogP contribution in [0.4, 0.5) is 0 Å². The maximum absolute atomic E-state index is 12.4. The quantitative estimate of drug-likeness (QED) is 0.617. The Morgan fingerprint density at radius 3 is 2.48 bits per heavy atom. The first kappa shape index (κ1) is 13.4. The average Bonchev–Trinajstić information content (AvgIpc) is 2.88. The van der Waals surface area contributed by atoms with Crippen molar-refractivity contribution in [3.8, 4) is 5.69 Å². The zero-order valence-electron chi connectivity index (χ0n) is 11.9. The third kappa shape index (κ3) is 2.01. The molecule has 0 radical (unpaired) electrons.